The van der Waals surface area contributed by atoms with Gasteiger partial charge in [-0.15, -0.1) is 0 Å². The predicted molar refractivity (Wildman–Crippen MR) is 84.4 cm³/mol. The quantitative estimate of drug-likeness (QED) is 0.899. The van der Waals surface area contributed by atoms with Crippen LogP contribution in [0.2, 0.25) is 0 Å². The summed E-state index contributed by atoms with van der Waals surface area (Å²) < 4.78 is 0.956. The molecule has 0 radical (unpaired) electrons. The molecule has 21 heavy (non-hydrogen) atoms. The number of hydrogen-bond acceptors (Lipinski definition) is 2. The maximum Gasteiger partial charge on any atom is 0.303 e. The molecule has 4 nitrogen and oxygen atoms in total. The molecule has 1 amide bonds. The molecule has 2 rings (SSSR count). The second-order valence-electron chi connectivity index (χ2n) is 5.54. The van der Waals surface area contributed by atoms with Gasteiger partial charge >= 0.3 is 5.97 Å². The van der Waals surface area contributed by atoms with E-state index in [0.29, 0.717) is 12.0 Å². The third kappa shape index (κ3) is 4.06. The van der Waals surface area contributed by atoms with Crippen molar-refractivity contribution in [3.05, 3.63) is 33.8 Å². The number of nitrogens with zero attached hydrogens (tertiary/aromatic N) is 1. The average Bonchev–Trinajstić information content (AvgIpc) is 2.45. The second-order valence-corrected chi connectivity index (χ2v) is 6.46. The van der Waals surface area contributed by atoms with E-state index in [2.05, 4.69) is 15.9 Å². The predicted octanol–water partition coefficient (Wildman–Crippen LogP) is 3.62. The number of carboxylic acids is 1. The first kappa shape index (κ1) is 16.0. The molecule has 1 heterocycles. The summed E-state index contributed by atoms with van der Waals surface area (Å²) in [5, 5.41) is 8.85. The summed E-state index contributed by atoms with van der Waals surface area (Å²) in [5.41, 5.74) is 1.65. The number of piperidine rings is 1. The Morgan fingerprint density at radius 3 is 2.81 bits per heavy atom. The van der Waals surface area contributed by atoms with Gasteiger partial charge in [-0.05, 0) is 56.4 Å². The molecular weight excluding hydrogens is 334 g/mol. The number of carbonyl (C=O) groups excluding carboxylic acids is 1. The molecule has 1 aliphatic rings. The van der Waals surface area contributed by atoms with Crippen LogP contribution < -0.4 is 0 Å². The van der Waals surface area contributed by atoms with Gasteiger partial charge in [0.15, 0.2) is 0 Å². The van der Waals surface area contributed by atoms with Crippen LogP contribution >= 0.6 is 15.9 Å². The van der Waals surface area contributed by atoms with Crippen molar-refractivity contribution in [2.24, 2.45) is 0 Å². The summed E-state index contributed by atoms with van der Waals surface area (Å²) >= 11 is 3.40. The van der Waals surface area contributed by atoms with Crippen LogP contribution in [0.1, 0.15) is 48.0 Å². The minimum atomic E-state index is -0.798. The lowest BCUT2D eigenvalue weighted by Gasteiger charge is -2.36. The van der Waals surface area contributed by atoms with Crippen molar-refractivity contribution in [2.75, 3.05) is 6.54 Å². The Hall–Kier alpha value is -1.36. The fourth-order valence-corrected chi connectivity index (χ4v) is 3.36. The van der Waals surface area contributed by atoms with Crippen LogP contribution in [0.5, 0.6) is 0 Å². The van der Waals surface area contributed by atoms with Crippen LogP contribution in [0.4, 0.5) is 0 Å². The van der Waals surface area contributed by atoms with E-state index >= 15 is 0 Å². The van der Waals surface area contributed by atoms with Crippen LogP contribution in [0.3, 0.4) is 0 Å². The van der Waals surface area contributed by atoms with E-state index in [-0.39, 0.29) is 18.4 Å². The molecule has 1 fully saturated rings. The SMILES string of the molecule is Cc1cc(Br)ccc1C(=O)N1CCCCC1CCC(=O)O. The van der Waals surface area contributed by atoms with E-state index < -0.39 is 5.97 Å². The van der Waals surface area contributed by atoms with E-state index in [9.17, 15) is 9.59 Å². The highest BCUT2D eigenvalue weighted by atomic mass is 79.9. The van der Waals surface area contributed by atoms with E-state index in [1.165, 1.54) is 0 Å². The fourth-order valence-electron chi connectivity index (χ4n) is 2.88. The largest absolute Gasteiger partial charge is 0.481 e. The average molecular weight is 354 g/mol. The van der Waals surface area contributed by atoms with Crippen LogP contribution in [-0.4, -0.2) is 34.5 Å². The van der Waals surface area contributed by atoms with E-state index in [1.54, 1.807) is 0 Å². The zero-order valence-corrected chi connectivity index (χ0v) is 13.7. The number of likely N-dealkylation sites (tertiary alicyclic amines) is 1. The van der Waals surface area contributed by atoms with Gasteiger partial charge in [-0.1, -0.05) is 15.9 Å². The zero-order valence-electron chi connectivity index (χ0n) is 12.1. The summed E-state index contributed by atoms with van der Waals surface area (Å²) in [4.78, 5) is 25.4. The molecule has 1 unspecified atom stereocenters. The first-order valence-corrected chi connectivity index (χ1v) is 8.07. The molecule has 1 aromatic carbocycles. The first-order chi connectivity index (χ1) is 9.99. The minimum Gasteiger partial charge on any atom is -0.481 e. The number of aryl methyl sites for hydroxylation is 1. The number of hydrogen-bond donors (Lipinski definition) is 1. The molecule has 0 bridgehead atoms. The Balaban J connectivity index is 2.16. The van der Waals surface area contributed by atoms with Gasteiger partial charge in [0.1, 0.15) is 0 Å². The Labute approximate surface area is 133 Å². The Kier molecular flexibility index (Phi) is 5.39. The molecule has 1 atom stereocenters. The maximum absolute atomic E-state index is 12.8. The lowest BCUT2D eigenvalue weighted by Crippen LogP contribution is -2.44. The van der Waals surface area contributed by atoms with Gasteiger partial charge in [0.05, 0.1) is 0 Å². The summed E-state index contributed by atoms with van der Waals surface area (Å²) in [6, 6.07) is 5.69. The van der Waals surface area contributed by atoms with Gasteiger partial charge in [0, 0.05) is 29.0 Å². The second kappa shape index (κ2) is 7.07. The van der Waals surface area contributed by atoms with Crippen molar-refractivity contribution in [3.63, 3.8) is 0 Å². The molecule has 0 aromatic heterocycles. The molecule has 0 spiro atoms. The van der Waals surface area contributed by atoms with Gasteiger partial charge in [-0.25, -0.2) is 0 Å². The van der Waals surface area contributed by atoms with Gasteiger partial charge in [0.2, 0.25) is 0 Å². The molecular formula is C16H20BrNO3. The molecule has 0 aliphatic carbocycles. The Morgan fingerprint density at radius 2 is 2.14 bits per heavy atom. The third-order valence-electron chi connectivity index (χ3n) is 4.00. The van der Waals surface area contributed by atoms with E-state index in [1.807, 2.05) is 30.0 Å². The fraction of sp³-hybridized carbons (Fsp3) is 0.500. The lowest BCUT2D eigenvalue weighted by molar-refractivity contribution is -0.137. The molecule has 1 saturated heterocycles. The molecule has 1 aliphatic heterocycles. The summed E-state index contributed by atoms with van der Waals surface area (Å²) in [5.74, 6) is -0.775. The maximum atomic E-state index is 12.8. The van der Waals surface area contributed by atoms with Crippen LogP contribution in [0.25, 0.3) is 0 Å². The first-order valence-electron chi connectivity index (χ1n) is 7.28. The standard InChI is InChI=1S/C16H20BrNO3/c1-11-10-12(17)5-7-14(11)16(21)18-9-3-2-4-13(18)6-8-15(19)20/h5,7,10,13H,2-4,6,8-9H2,1H3,(H,19,20). The van der Waals surface area contributed by atoms with Crippen molar-refractivity contribution in [1.82, 2.24) is 4.90 Å². The van der Waals surface area contributed by atoms with E-state index in [0.717, 1.165) is 35.8 Å². The number of carboxylic acid groups (broad SMARTS) is 1. The molecule has 1 N–H and O–H groups in total. The van der Waals surface area contributed by atoms with Gasteiger partial charge in [-0.3, -0.25) is 9.59 Å². The lowest BCUT2D eigenvalue weighted by atomic mass is 9.96. The zero-order chi connectivity index (χ0) is 15.4. The van der Waals surface area contributed by atoms with Crippen molar-refractivity contribution >= 4 is 27.8 Å². The third-order valence-corrected chi connectivity index (χ3v) is 4.49. The summed E-state index contributed by atoms with van der Waals surface area (Å²) in [7, 11) is 0. The van der Waals surface area contributed by atoms with Crippen LogP contribution in [0.15, 0.2) is 22.7 Å². The molecule has 114 valence electrons. The van der Waals surface area contributed by atoms with Crippen LogP contribution in [-0.2, 0) is 4.79 Å². The number of aliphatic carboxylic acids is 1. The number of carbonyl (C=O) groups is 2. The van der Waals surface area contributed by atoms with Gasteiger partial charge in [-0.2, -0.15) is 0 Å². The number of benzene rings is 1. The van der Waals surface area contributed by atoms with Gasteiger partial charge < -0.3 is 10.0 Å². The van der Waals surface area contributed by atoms with Crippen molar-refractivity contribution < 1.29 is 14.7 Å². The summed E-state index contributed by atoms with van der Waals surface area (Å²) in [6.45, 7) is 2.65. The van der Waals surface area contributed by atoms with Crippen molar-refractivity contribution in [2.45, 2.75) is 45.1 Å². The highest BCUT2D eigenvalue weighted by Crippen LogP contribution is 2.25. The highest BCUT2D eigenvalue weighted by molar-refractivity contribution is 9.10. The molecule has 5 heteroatoms. The normalized spacial score (nSPS) is 18.6. The Morgan fingerprint density at radius 1 is 1.38 bits per heavy atom. The van der Waals surface area contributed by atoms with E-state index in [4.69, 9.17) is 5.11 Å². The highest BCUT2D eigenvalue weighted by Gasteiger charge is 2.28. The smallest absolute Gasteiger partial charge is 0.303 e. The summed E-state index contributed by atoms with van der Waals surface area (Å²) in [6.07, 6.45) is 3.61. The monoisotopic (exact) mass is 353 g/mol. The van der Waals surface area contributed by atoms with Crippen molar-refractivity contribution in [3.8, 4) is 0 Å². The number of rotatable bonds is 4. The number of halogens is 1. The number of amides is 1. The van der Waals surface area contributed by atoms with Crippen molar-refractivity contribution in [1.29, 1.82) is 0 Å². The minimum absolute atomic E-state index is 0.0232. The Bertz CT molecular complexity index is 544. The van der Waals surface area contributed by atoms with Crippen LogP contribution in [0, 0.1) is 6.92 Å². The van der Waals surface area contributed by atoms with Gasteiger partial charge in [0.25, 0.3) is 5.91 Å². The molecule has 1 aromatic rings. The molecule has 0 saturated carbocycles. The topological polar surface area (TPSA) is 57.6 Å².